The largest absolute Gasteiger partial charge is 0.481 e. The Bertz CT molecular complexity index is 633. The van der Waals surface area contributed by atoms with Gasteiger partial charge in [-0.2, -0.15) is 0 Å². The second kappa shape index (κ2) is 6.72. The fourth-order valence-electron chi connectivity index (χ4n) is 2.81. The van der Waals surface area contributed by atoms with Crippen LogP contribution in [0, 0.1) is 10.1 Å². The Labute approximate surface area is 132 Å². The lowest BCUT2D eigenvalue weighted by molar-refractivity contribution is -0.386. The summed E-state index contributed by atoms with van der Waals surface area (Å²) in [5.74, 6) is -0.391. The van der Waals surface area contributed by atoms with Crippen molar-refractivity contribution in [2.75, 3.05) is 13.7 Å². The molecule has 8 heteroatoms. The SMILES string of the molecule is CCOC(=O)C1(c2nc(OC)ccc2[N+](=O)[O-])CCC(=O)CC1. The number of Topliss-reactive ketones (excluding diaryl/α,β-unsaturated/α-hetero) is 1. The average Bonchev–Trinajstić information content (AvgIpc) is 2.55. The molecule has 2 rings (SSSR count). The maximum atomic E-state index is 12.6. The first-order valence-electron chi connectivity index (χ1n) is 7.33. The molecule has 1 aliphatic carbocycles. The van der Waals surface area contributed by atoms with Crippen LogP contribution in [-0.2, 0) is 19.7 Å². The number of rotatable bonds is 5. The van der Waals surface area contributed by atoms with Gasteiger partial charge in [-0.1, -0.05) is 0 Å². The summed E-state index contributed by atoms with van der Waals surface area (Å²) >= 11 is 0. The zero-order valence-corrected chi connectivity index (χ0v) is 13.0. The van der Waals surface area contributed by atoms with Crippen LogP contribution in [0.5, 0.6) is 5.88 Å². The molecule has 0 N–H and O–H groups in total. The maximum Gasteiger partial charge on any atom is 0.318 e. The molecular formula is C15H18N2O6. The first-order chi connectivity index (χ1) is 10.9. The van der Waals surface area contributed by atoms with Crippen molar-refractivity contribution in [3.63, 3.8) is 0 Å². The molecule has 0 atom stereocenters. The first kappa shape index (κ1) is 16.9. The summed E-state index contributed by atoms with van der Waals surface area (Å²) in [5.41, 5.74) is -1.55. The number of nitro groups is 1. The van der Waals surface area contributed by atoms with Gasteiger partial charge < -0.3 is 9.47 Å². The minimum Gasteiger partial charge on any atom is -0.481 e. The Hall–Kier alpha value is -2.51. The minimum atomic E-state index is -1.29. The van der Waals surface area contributed by atoms with E-state index in [9.17, 15) is 19.7 Å². The van der Waals surface area contributed by atoms with Gasteiger partial charge in [0, 0.05) is 25.0 Å². The van der Waals surface area contributed by atoms with Gasteiger partial charge in [-0.25, -0.2) is 4.98 Å². The number of methoxy groups -OCH3 is 1. The number of esters is 1. The Morgan fingerprint density at radius 2 is 2.04 bits per heavy atom. The zero-order chi connectivity index (χ0) is 17.0. The van der Waals surface area contributed by atoms with E-state index in [1.54, 1.807) is 6.92 Å². The van der Waals surface area contributed by atoms with Crippen molar-refractivity contribution in [3.05, 3.63) is 27.9 Å². The molecule has 8 nitrogen and oxygen atoms in total. The van der Waals surface area contributed by atoms with E-state index in [2.05, 4.69) is 4.98 Å². The summed E-state index contributed by atoms with van der Waals surface area (Å²) in [5, 5.41) is 11.4. The van der Waals surface area contributed by atoms with Crippen molar-refractivity contribution < 1.29 is 24.0 Å². The summed E-state index contributed by atoms with van der Waals surface area (Å²) in [6.45, 7) is 1.80. The molecule has 0 aromatic carbocycles. The third-order valence-corrected chi connectivity index (χ3v) is 4.03. The number of ether oxygens (including phenoxy) is 2. The van der Waals surface area contributed by atoms with Crippen LogP contribution in [-0.4, -0.2) is 35.4 Å². The molecule has 0 radical (unpaired) electrons. The van der Waals surface area contributed by atoms with Crippen LogP contribution in [0.4, 0.5) is 5.69 Å². The zero-order valence-electron chi connectivity index (χ0n) is 13.0. The van der Waals surface area contributed by atoms with Crippen LogP contribution in [0.1, 0.15) is 38.3 Å². The van der Waals surface area contributed by atoms with Gasteiger partial charge in [0.25, 0.3) is 5.69 Å². The molecule has 1 aliphatic rings. The topological polar surface area (TPSA) is 109 Å². The summed E-state index contributed by atoms with van der Waals surface area (Å²) in [4.78, 5) is 39.1. The molecule has 1 saturated carbocycles. The monoisotopic (exact) mass is 322 g/mol. The predicted octanol–water partition coefficient (Wildman–Crippen LogP) is 1.94. The lowest BCUT2D eigenvalue weighted by Gasteiger charge is -2.33. The Morgan fingerprint density at radius 1 is 1.39 bits per heavy atom. The number of nitrogens with zero attached hydrogens (tertiary/aromatic N) is 2. The van der Waals surface area contributed by atoms with E-state index in [0.717, 1.165) is 0 Å². The number of aromatic nitrogens is 1. The predicted molar refractivity (Wildman–Crippen MR) is 79.2 cm³/mol. The molecule has 1 fully saturated rings. The van der Waals surface area contributed by atoms with E-state index >= 15 is 0 Å². The first-order valence-corrected chi connectivity index (χ1v) is 7.33. The van der Waals surface area contributed by atoms with E-state index < -0.39 is 16.3 Å². The number of carbonyl (C=O) groups excluding carboxylic acids is 2. The Morgan fingerprint density at radius 3 is 2.57 bits per heavy atom. The van der Waals surface area contributed by atoms with Gasteiger partial charge in [-0.15, -0.1) is 0 Å². The number of hydrogen-bond acceptors (Lipinski definition) is 7. The second-order valence-corrected chi connectivity index (χ2v) is 5.32. The van der Waals surface area contributed by atoms with Crippen molar-refractivity contribution in [3.8, 4) is 5.88 Å². The lowest BCUT2D eigenvalue weighted by Crippen LogP contribution is -2.42. The number of carbonyl (C=O) groups is 2. The number of ketones is 1. The van der Waals surface area contributed by atoms with Crippen LogP contribution in [0.2, 0.25) is 0 Å². The van der Waals surface area contributed by atoms with Crippen LogP contribution in [0.3, 0.4) is 0 Å². The molecule has 1 aromatic rings. The molecule has 0 amide bonds. The minimum absolute atomic E-state index is 0.00722. The standard InChI is InChI=1S/C15H18N2O6/c1-3-23-14(19)15(8-6-10(18)7-9-15)13-11(17(20)21)4-5-12(16-13)22-2/h4-5H,3,6-9H2,1-2H3. The molecular weight excluding hydrogens is 304 g/mol. The molecule has 0 spiro atoms. The van der Waals surface area contributed by atoms with E-state index in [1.807, 2.05) is 0 Å². The van der Waals surface area contributed by atoms with Gasteiger partial charge in [0.1, 0.15) is 16.9 Å². The normalized spacial score (nSPS) is 16.7. The molecule has 0 saturated heterocycles. The van der Waals surface area contributed by atoms with E-state index in [1.165, 1.54) is 19.2 Å². The molecule has 1 heterocycles. The van der Waals surface area contributed by atoms with E-state index in [4.69, 9.17) is 9.47 Å². The van der Waals surface area contributed by atoms with Crippen molar-refractivity contribution in [1.29, 1.82) is 0 Å². The van der Waals surface area contributed by atoms with Crippen LogP contribution < -0.4 is 4.74 Å². The maximum absolute atomic E-state index is 12.6. The van der Waals surface area contributed by atoms with Gasteiger partial charge in [-0.05, 0) is 19.8 Å². The highest BCUT2D eigenvalue weighted by molar-refractivity contribution is 5.89. The fraction of sp³-hybridized carbons (Fsp3) is 0.533. The summed E-state index contributed by atoms with van der Waals surface area (Å²) < 4.78 is 10.2. The molecule has 124 valence electrons. The highest BCUT2D eigenvalue weighted by Crippen LogP contribution is 2.43. The van der Waals surface area contributed by atoms with E-state index in [0.29, 0.717) is 0 Å². The van der Waals surface area contributed by atoms with Gasteiger partial charge >= 0.3 is 5.97 Å². The quantitative estimate of drug-likeness (QED) is 0.463. The van der Waals surface area contributed by atoms with Gasteiger partial charge in [-0.3, -0.25) is 19.7 Å². The van der Waals surface area contributed by atoms with Crippen LogP contribution in [0.25, 0.3) is 0 Å². The smallest absolute Gasteiger partial charge is 0.318 e. The highest BCUT2D eigenvalue weighted by atomic mass is 16.6. The summed E-state index contributed by atoms with van der Waals surface area (Å²) in [6.07, 6.45) is 0.612. The molecule has 0 bridgehead atoms. The van der Waals surface area contributed by atoms with Crippen molar-refractivity contribution in [2.45, 2.75) is 38.0 Å². The highest BCUT2D eigenvalue weighted by Gasteiger charge is 2.49. The van der Waals surface area contributed by atoms with Gasteiger partial charge in [0.05, 0.1) is 18.6 Å². The summed E-state index contributed by atoms with van der Waals surface area (Å²) in [7, 11) is 1.39. The third kappa shape index (κ3) is 3.15. The van der Waals surface area contributed by atoms with Crippen molar-refractivity contribution >= 4 is 17.4 Å². The molecule has 0 aliphatic heterocycles. The van der Waals surface area contributed by atoms with Gasteiger partial charge in [0.15, 0.2) is 0 Å². The second-order valence-electron chi connectivity index (χ2n) is 5.32. The van der Waals surface area contributed by atoms with Gasteiger partial charge in [0.2, 0.25) is 5.88 Å². The molecule has 23 heavy (non-hydrogen) atoms. The molecule has 0 unspecified atom stereocenters. The van der Waals surface area contributed by atoms with E-state index in [-0.39, 0.29) is 55.3 Å². The average molecular weight is 322 g/mol. The fourth-order valence-corrected chi connectivity index (χ4v) is 2.81. The third-order valence-electron chi connectivity index (χ3n) is 4.03. The van der Waals surface area contributed by atoms with Crippen molar-refractivity contribution in [1.82, 2.24) is 4.98 Å². The Balaban J connectivity index is 2.61. The van der Waals surface area contributed by atoms with Crippen LogP contribution >= 0.6 is 0 Å². The lowest BCUT2D eigenvalue weighted by atomic mass is 9.70. The molecule has 1 aromatic heterocycles. The number of hydrogen-bond donors (Lipinski definition) is 0. The Kier molecular flexibility index (Phi) is 4.92. The number of pyridine rings is 1. The van der Waals surface area contributed by atoms with Crippen LogP contribution in [0.15, 0.2) is 12.1 Å². The summed E-state index contributed by atoms with van der Waals surface area (Å²) in [6, 6.07) is 2.63. The van der Waals surface area contributed by atoms with Crippen molar-refractivity contribution in [2.24, 2.45) is 0 Å².